The number of rotatable bonds is 4. The van der Waals surface area contributed by atoms with Gasteiger partial charge in [0.2, 0.25) is 0 Å². The van der Waals surface area contributed by atoms with Crippen molar-refractivity contribution in [2.45, 2.75) is 17.1 Å². The number of hydrogen-bond donors (Lipinski definition) is 1. The van der Waals surface area contributed by atoms with E-state index in [1.54, 1.807) is 18.2 Å². The van der Waals surface area contributed by atoms with Gasteiger partial charge in [-0.25, -0.2) is 0 Å². The Bertz CT molecular complexity index is 619. The molecule has 7 heteroatoms. The highest BCUT2D eigenvalue weighted by molar-refractivity contribution is 7.99. The molecule has 1 heterocycles. The predicted octanol–water partition coefficient (Wildman–Crippen LogP) is 4.55. The maximum absolute atomic E-state index is 12.9. The van der Waals surface area contributed by atoms with Crippen molar-refractivity contribution >= 4 is 23.4 Å². The Morgan fingerprint density at radius 2 is 2.05 bits per heavy atom. The van der Waals surface area contributed by atoms with Gasteiger partial charge >= 0.3 is 6.18 Å². The van der Waals surface area contributed by atoms with E-state index >= 15 is 0 Å². The van der Waals surface area contributed by atoms with E-state index in [1.807, 2.05) is 6.07 Å². The summed E-state index contributed by atoms with van der Waals surface area (Å²) in [6.07, 6.45) is -2.15. The molecule has 21 heavy (non-hydrogen) atoms. The lowest BCUT2D eigenvalue weighted by Gasteiger charge is -2.17. The van der Waals surface area contributed by atoms with Crippen molar-refractivity contribution in [3.63, 3.8) is 0 Å². The summed E-state index contributed by atoms with van der Waals surface area (Å²) in [4.78, 5) is 4.60. The molecule has 2 N–H and O–H groups in total. The average Bonchev–Trinajstić information content (AvgIpc) is 2.44. The van der Waals surface area contributed by atoms with Crippen LogP contribution in [0.3, 0.4) is 0 Å². The Morgan fingerprint density at radius 3 is 2.71 bits per heavy atom. The van der Waals surface area contributed by atoms with Gasteiger partial charge in [0, 0.05) is 39.7 Å². The van der Waals surface area contributed by atoms with Gasteiger partial charge in [-0.15, -0.1) is 11.8 Å². The van der Waals surface area contributed by atoms with Crippen molar-refractivity contribution in [1.82, 2.24) is 4.98 Å². The summed E-state index contributed by atoms with van der Waals surface area (Å²) in [6.45, 7) is 0. The first-order valence-corrected chi connectivity index (χ1v) is 7.39. The molecule has 2 rings (SSSR count). The minimum Gasteiger partial charge on any atom is -0.323 e. The SMILES string of the molecule is NC(CSc1cccc(Cl)c1)c1cnccc1C(F)(F)F. The van der Waals surface area contributed by atoms with Crippen molar-refractivity contribution in [1.29, 1.82) is 0 Å². The molecular formula is C14H12ClF3N2S. The van der Waals surface area contributed by atoms with E-state index in [9.17, 15) is 13.2 Å². The number of alkyl halides is 3. The smallest absolute Gasteiger partial charge is 0.323 e. The van der Waals surface area contributed by atoms with E-state index in [-0.39, 0.29) is 5.56 Å². The van der Waals surface area contributed by atoms with E-state index in [4.69, 9.17) is 17.3 Å². The molecule has 0 saturated heterocycles. The lowest BCUT2D eigenvalue weighted by atomic mass is 10.0. The third-order valence-electron chi connectivity index (χ3n) is 2.78. The van der Waals surface area contributed by atoms with Crippen molar-refractivity contribution in [2.75, 3.05) is 5.75 Å². The fraction of sp³-hybridized carbons (Fsp3) is 0.214. The first kappa shape index (κ1) is 16.1. The lowest BCUT2D eigenvalue weighted by Crippen LogP contribution is -2.19. The average molecular weight is 333 g/mol. The minimum atomic E-state index is -4.43. The normalized spacial score (nSPS) is 13.2. The van der Waals surface area contributed by atoms with Crippen LogP contribution in [0, 0.1) is 0 Å². The fourth-order valence-corrected chi connectivity index (χ4v) is 2.98. The Kier molecular flexibility index (Phi) is 5.13. The Labute approximate surface area is 129 Å². The topological polar surface area (TPSA) is 38.9 Å². The van der Waals surface area contributed by atoms with Gasteiger partial charge in [0.25, 0.3) is 0 Å². The maximum atomic E-state index is 12.9. The van der Waals surface area contributed by atoms with Crippen LogP contribution >= 0.6 is 23.4 Å². The molecular weight excluding hydrogens is 321 g/mol. The summed E-state index contributed by atoms with van der Waals surface area (Å²) < 4.78 is 38.8. The zero-order valence-corrected chi connectivity index (χ0v) is 12.3. The van der Waals surface area contributed by atoms with Crippen LogP contribution < -0.4 is 5.73 Å². The fourth-order valence-electron chi connectivity index (χ4n) is 1.79. The van der Waals surface area contributed by atoms with Crippen LogP contribution in [0.1, 0.15) is 17.2 Å². The molecule has 0 spiro atoms. The van der Waals surface area contributed by atoms with E-state index in [0.29, 0.717) is 10.8 Å². The second kappa shape index (κ2) is 6.68. The number of benzene rings is 1. The van der Waals surface area contributed by atoms with E-state index < -0.39 is 17.8 Å². The highest BCUT2D eigenvalue weighted by Crippen LogP contribution is 2.35. The van der Waals surface area contributed by atoms with Crippen LogP contribution in [-0.2, 0) is 6.18 Å². The molecule has 1 aromatic heterocycles. The first-order chi connectivity index (χ1) is 9.88. The van der Waals surface area contributed by atoms with E-state index in [2.05, 4.69) is 4.98 Å². The lowest BCUT2D eigenvalue weighted by molar-refractivity contribution is -0.138. The second-order valence-electron chi connectivity index (χ2n) is 4.34. The van der Waals surface area contributed by atoms with Gasteiger partial charge < -0.3 is 5.73 Å². The van der Waals surface area contributed by atoms with Crippen LogP contribution in [0.5, 0.6) is 0 Å². The van der Waals surface area contributed by atoms with E-state index in [0.717, 1.165) is 17.2 Å². The highest BCUT2D eigenvalue weighted by atomic mass is 35.5. The zero-order chi connectivity index (χ0) is 15.5. The number of hydrogen-bond acceptors (Lipinski definition) is 3. The van der Waals surface area contributed by atoms with Crippen LogP contribution in [0.2, 0.25) is 5.02 Å². The van der Waals surface area contributed by atoms with Crippen molar-refractivity contribution in [3.05, 3.63) is 58.9 Å². The zero-order valence-electron chi connectivity index (χ0n) is 10.8. The number of aromatic nitrogens is 1. The number of thioether (sulfide) groups is 1. The molecule has 2 nitrogen and oxygen atoms in total. The molecule has 0 bridgehead atoms. The van der Waals surface area contributed by atoms with Crippen molar-refractivity contribution in [2.24, 2.45) is 5.73 Å². The Hall–Kier alpha value is -1.24. The standard InChI is InChI=1S/C14H12ClF3N2S/c15-9-2-1-3-10(6-9)21-8-13(19)11-7-20-5-4-12(11)14(16,17)18/h1-7,13H,8,19H2. The maximum Gasteiger partial charge on any atom is 0.416 e. The Balaban J connectivity index is 2.12. The molecule has 0 radical (unpaired) electrons. The third-order valence-corrected chi connectivity index (χ3v) is 4.13. The third kappa shape index (κ3) is 4.36. The molecule has 0 aliphatic heterocycles. The number of pyridine rings is 1. The van der Waals surface area contributed by atoms with Crippen LogP contribution in [0.15, 0.2) is 47.6 Å². The molecule has 0 fully saturated rings. The molecule has 1 atom stereocenters. The van der Waals surface area contributed by atoms with Crippen molar-refractivity contribution in [3.8, 4) is 0 Å². The summed E-state index contributed by atoms with van der Waals surface area (Å²) in [7, 11) is 0. The largest absolute Gasteiger partial charge is 0.416 e. The van der Waals surface area contributed by atoms with Crippen LogP contribution in [-0.4, -0.2) is 10.7 Å². The number of nitrogens with zero attached hydrogens (tertiary/aromatic N) is 1. The van der Waals surface area contributed by atoms with Gasteiger partial charge in [-0.2, -0.15) is 13.2 Å². The summed E-state index contributed by atoms with van der Waals surface area (Å²) in [5.41, 5.74) is 5.14. The molecule has 0 saturated carbocycles. The monoisotopic (exact) mass is 332 g/mol. The predicted molar refractivity (Wildman–Crippen MR) is 78.3 cm³/mol. The van der Waals surface area contributed by atoms with Crippen LogP contribution in [0.4, 0.5) is 13.2 Å². The highest BCUT2D eigenvalue weighted by Gasteiger charge is 2.34. The minimum absolute atomic E-state index is 0.000437. The molecule has 1 aromatic carbocycles. The summed E-state index contributed by atoms with van der Waals surface area (Å²) in [6, 6.07) is 7.26. The summed E-state index contributed by atoms with van der Waals surface area (Å²) in [5, 5.41) is 0.575. The van der Waals surface area contributed by atoms with Gasteiger partial charge in [-0.3, -0.25) is 4.98 Å². The molecule has 112 valence electrons. The second-order valence-corrected chi connectivity index (χ2v) is 5.87. The molecule has 0 aliphatic carbocycles. The van der Waals surface area contributed by atoms with Gasteiger partial charge in [-0.05, 0) is 24.3 Å². The summed E-state index contributed by atoms with van der Waals surface area (Å²) in [5.74, 6) is 0.301. The van der Waals surface area contributed by atoms with Crippen molar-refractivity contribution < 1.29 is 13.2 Å². The van der Waals surface area contributed by atoms with Gasteiger partial charge in [0.15, 0.2) is 0 Å². The van der Waals surface area contributed by atoms with Crippen LogP contribution in [0.25, 0.3) is 0 Å². The number of nitrogens with two attached hydrogens (primary N) is 1. The van der Waals surface area contributed by atoms with Gasteiger partial charge in [-0.1, -0.05) is 17.7 Å². The number of halogens is 4. The van der Waals surface area contributed by atoms with Gasteiger partial charge in [0.05, 0.1) is 5.56 Å². The first-order valence-electron chi connectivity index (χ1n) is 6.03. The molecule has 2 aromatic rings. The Morgan fingerprint density at radius 1 is 1.29 bits per heavy atom. The molecule has 0 aliphatic rings. The summed E-state index contributed by atoms with van der Waals surface area (Å²) >= 11 is 7.21. The molecule has 1 unspecified atom stereocenters. The molecule has 0 amide bonds. The van der Waals surface area contributed by atoms with Gasteiger partial charge in [0.1, 0.15) is 0 Å². The quantitative estimate of drug-likeness (QED) is 0.835. The van der Waals surface area contributed by atoms with E-state index in [1.165, 1.54) is 18.0 Å².